The maximum absolute atomic E-state index is 12.3. The summed E-state index contributed by atoms with van der Waals surface area (Å²) in [5.74, 6) is 1.48. The normalized spacial score (nSPS) is 25.6. The van der Waals surface area contributed by atoms with Gasteiger partial charge in [0.25, 0.3) is 0 Å². The standard InChI is InChI=1S/C13H17BrOS/c1-2-9-3-5-10(6-4-9)13(15)11-7-16-8-12(11)14/h7-10H,2-6H2,1H3. The number of hydrogen-bond donors (Lipinski definition) is 0. The lowest BCUT2D eigenvalue weighted by Gasteiger charge is -2.26. The first-order valence-corrected chi connectivity index (χ1v) is 7.71. The second-order valence-corrected chi connectivity index (χ2v) is 6.22. The highest BCUT2D eigenvalue weighted by atomic mass is 79.9. The summed E-state index contributed by atoms with van der Waals surface area (Å²) in [4.78, 5) is 12.3. The van der Waals surface area contributed by atoms with Crippen LogP contribution in [0.15, 0.2) is 15.2 Å². The first-order valence-electron chi connectivity index (χ1n) is 5.98. The van der Waals surface area contributed by atoms with Gasteiger partial charge >= 0.3 is 0 Å². The number of hydrogen-bond acceptors (Lipinski definition) is 2. The number of rotatable bonds is 3. The number of halogens is 1. The van der Waals surface area contributed by atoms with Crippen molar-refractivity contribution in [1.29, 1.82) is 0 Å². The van der Waals surface area contributed by atoms with Crippen molar-refractivity contribution in [3.05, 3.63) is 20.8 Å². The van der Waals surface area contributed by atoms with Gasteiger partial charge in [0.05, 0.1) is 0 Å². The van der Waals surface area contributed by atoms with Crippen LogP contribution in [0.4, 0.5) is 0 Å². The Morgan fingerprint density at radius 2 is 2.06 bits per heavy atom. The van der Waals surface area contributed by atoms with Gasteiger partial charge in [-0.1, -0.05) is 13.3 Å². The van der Waals surface area contributed by atoms with Gasteiger partial charge in [0.1, 0.15) is 0 Å². The van der Waals surface area contributed by atoms with E-state index in [2.05, 4.69) is 22.9 Å². The second kappa shape index (κ2) is 5.46. The molecule has 16 heavy (non-hydrogen) atoms. The van der Waals surface area contributed by atoms with Crippen molar-refractivity contribution < 1.29 is 4.79 Å². The number of carbonyl (C=O) groups excluding carboxylic acids is 1. The van der Waals surface area contributed by atoms with Crippen molar-refractivity contribution in [3.8, 4) is 0 Å². The van der Waals surface area contributed by atoms with Crippen LogP contribution in [0, 0.1) is 11.8 Å². The van der Waals surface area contributed by atoms with Crippen LogP contribution in [0.2, 0.25) is 0 Å². The van der Waals surface area contributed by atoms with E-state index in [1.54, 1.807) is 11.3 Å². The predicted octanol–water partition coefficient (Wildman–Crippen LogP) is 4.91. The van der Waals surface area contributed by atoms with Crippen LogP contribution in [-0.2, 0) is 0 Å². The van der Waals surface area contributed by atoms with Crippen LogP contribution in [0.1, 0.15) is 49.4 Å². The van der Waals surface area contributed by atoms with Gasteiger partial charge in [0.15, 0.2) is 5.78 Å². The highest BCUT2D eigenvalue weighted by Crippen LogP contribution is 2.34. The molecule has 0 atom stereocenters. The summed E-state index contributed by atoms with van der Waals surface area (Å²) in [6.07, 6.45) is 5.89. The van der Waals surface area contributed by atoms with E-state index in [1.807, 2.05) is 10.8 Å². The van der Waals surface area contributed by atoms with Crippen molar-refractivity contribution in [3.63, 3.8) is 0 Å². The van der Waals surface area contributed by atoms with Gasteiger partial charge in [-0.2, -0.15) is 11.3 Å². The molecule has 1 heterocycles. The fourth-order valence-corrected chi connectivity index (χ4v) is 3.99. The van der Waals surface area contributed by atoms with Crippen molar-refractivity contribution in [2.75, 3.05) is 0 Å². The zero-order valence-corrected chi connectivity index (χ0v) is 11.9. The maximum atomic E-state index is 12.3. The summed E-state index contributed by atoms with van der Waals surface area (Å²) in [7, 11) is 0. The van der Waals surface area contributed by atoms with E-state index in [1.165, 1.54) is 19.3 Å². The number of carbonyl (C=O) groups is 1. The van der Waals surface area contributed by atoms with E-state index in [0.717, 1.165) is 28.8 Å². The fraction of sp³-hybridized carbons (Fsp3) is 0.615. The minimum atomic E-state index is 0.272. The quantitative estimate of drug-likeness (QED) is 0.725. The summed E-state index contributed by atoms with van der Waals surface area (Å²) < 4.78 is 0.972. The van der Waals surface area contributed by atoms with Crippen molar-refractivity contribution in [2.45, 2.75) is 39.0 Å². The molecule has 0 radical (unpaired) electrons. The molecule has 1 saturated carbocycles. The molecule has 0 N–H and O–H groups in total. The lowest BCUT2D eigenvalue weighted by atomic mass is 9.78. The predicted molar refractivity (Wildman–Crippen MR) is 72.1 cm³/mol. The average molecular weight is 301 g/mol. The van der Waals surface area contributed by atoms with Crippen LogP contribution in [0.3, 0.4) is 0 Å². The largest absolute Gasteiger partial charge is 0.294 e. The van der Waals surface area contributed by atoms with E-state index in [-0.39, 0.29) is 5.92 Å². The van der Waals surface area contributed by atoms with E-state index >= 15 is 0 Å². The van der Waals surface area contributed by atoms with Crippen molar-refractivity contribution >= 4 is 33.0 Å². The molecule has 1 aromatic heterocycles. The van der Waals surface area contributed by atoms with Gasteiger partial charge in [-0.15, -0.1) is 0 Å². The summed E-state index contributed by atoms with van der Waals surface area (Å²) in [5, 5.41) is 3.96. The van der Waals surface area contributed by atoms with Crippen LogP contribution in [0.5, 0.6) is 0 Å². The molecule has 0 bridgehead atoms. The molecule has 0 aliphatic heterocycles. The minimum Gasteiger partial charge on any atom is -0.294 e. The molecule has 88 valence electrons. The van der Waals surface area contributed by atoms with Crippen LogP contribution in [-0.4, -0.2) is 5.78 Å². The Hall–Kier alpha value is -0.150. The van der Waals surface area contributed by atoms with Gasteiger partial charge in [0, 0.05) is 26.7 Å². The van der Waals surface area contributed by atoms with Gasteiger partial charge in [0.2, 0.25) is 0 Å². The Bertz CT molecular complexity index is 364. The molecule has 0 spiro atoms. The van der Waals surface area contributed by atoms with Crippen molar-refractivity contribution in [2.24, 2.45) is 11.8 Å². The molecule has 0 aromatic carbocycles. The van der Waals surface area contributed by atoms with E-state index in [0.29, 0.717) is 5.78 Å². The molecule has 1 nitrogen and oxygen atoms in total. The summed E-state index contributed by atoms with van der Waals surface area (Å²) in [5.41, 5.74) is 0.893. The summed E-state index contributed by atoms with van der Waals surface area (Å²) >= 11 is 5.04. The van der Waals surface area contributed by atoms with Gasteiger partial charge in [-0.05, 0) is 47.5 Å². The molecule has 0 unspecified atom stereocenters. The second-order valence-electron chi connectivity index (χ2n) is 4.62. The topological polar surface area (TPSA) is 17.1 Å². The maximum Gasteiger partial charge on any atom is 0.167 e. The number of Topliss-reactive ketones (excluding diaryl/α,β-unsaturated/α-hetero) is 1. The molecule has 1 aromatic rings. The lowest BCUT2D eigenvalue weighted by Crippen LogP contribution is -2.21. The Labute approximate surface area is 109 Å². The molecule has 0 amide bonds. The SMILES string of the molecule is CCC1CCC(C(=O)c2cscc2Br)CC1. The molecule has 2 rings (SSSR count). The number of ketones is 1. The first-order chi connectivity index (χ1) is 7.72. The fourth-order valence-electron chi connectivity index (χ4n) is 2.51. The van der Waals surface area contributed by atoms with E-state index in [4.69, 9.17) is 0 Å². The number of thiophene rings is 1. The van der Waals surface area contributed by atoms with E-state index in [9.17, 15) is 4.79 Å². The van der Waals surface area contributed by atoms with Gasteiger partial charge in [-0.3, -0.25) is 4.79 Å². The molecule has 3 heteroatoms. The Balaban J connectivity index is 2.00. The molecule has 1 aliphatic carbocycles. The average Bonchev–Trinajstić information content (AvgIpc) is 2.75. The third-order valence-corrected chi connectivity index (χ3v) is 5.38. The van der Waals surface area contributed by atoms with Crippen molar-refractivity contribution in [1.82, 2.24) is 0 Å². The Kier molecular flexibility index (Phi) is 4.20. The highest BCUT2D eigenvalue weighted by Gasteiger charge is 2.27. The van der Waals surface area contributed by atoms with Crippen LogP contribution in [0.25, 0.3) is 0 Å². The Morgan fingerprint density at radius 1 is 1.38 bits per heavy atom. The Morgan fingerprint density at radius 3 is 2.56 bits per heavy atom. The van der Waals surface area contributed by atoms with E-state index < -0.39 is 0 Å². The van der Waals surface area contributed by atoms with Crippen LogP contribution >= 0.6 is 27.3 Å². The zero-order valence-electron chi connectivity index (χ0n) is 9.54. The molecule has 1 aliphatic rings. The minimum absolute atomic E-state index is 0.272. The molecule has 1 fully saturated rings. The van der Waals surface area contributed by atoms with Gasteiger partial charge in [-0.25, -0.2) is 0 Å². The third-order valence-electron chi connectivity index (χ3n) is 3.68. The van der Waals surface area contributed by atoms with Crippen LogP contribution < -0.4 is 0 Å². The molecular weight excluding hydrogens is 284 g/mol. The summed E-state index contributed by atoms with van der Waals surface area (Å²) in [6, 6.07) is 0. The monoisotopic (exact) mass is 300 g/mol. The molecule has 0 saturated heterocycles. The third kappa shape index (κ3) is 2.57. The smallest absolute Gasteiger partial charge is 0.167 e. The molecular formula is C13H17BrOS. The highest BCUT2D eigenvalue weighted by molar-refractivity contribution is 9.10. The van der Waals surface area contributed by atoms with Gasteiger partial charge < -0.3 is 0 Å². The summed E-state index contributed by atoms with van der Waals surface area (Å²) in [6.45, 7) is 2.25. The lowest BCUT2D eigenvalue weighted by molar-refractivity contribution is 0.0871. The first kappa shape index (κ1) is 12.3. The zero-order chi connectivity index (χ0) is 11.5.